The van der Waals surface area contributed by atoms with E-state index >= 15 is 0 Å². The SMILES string of the molecule is CC(C)CN(C[C@@H](O)[C@H](Cc1ccccc1)NC(=O)[C@H](CCCN)NC(=O)O)S(=O)(=O)c1ccc(/C=N/O)cc1. The molecule has 0 aliphatic carbocycles. The number of benzene rings is 2. The molecule has 0 radical (unpaired) electrons. The zero-order valence-corrected chi connectivity index (χ0v) is 23.5. The number of sulfonamides is 1. The zero-order chi connectivity index (χ0) is 29.7. The van der Waals surface area contributed by atoms with Crippen LogP contribution >= 0.6 is 0 Å². The molecule has 2 rings (SSSR count). The third-order valence-corrected chi connectivity index (χ3v) is 7.93. The van der Waals surface area contributed by atoms with Gasteiger partial charge in [0.25, 0.3) is 0 Å². The Kier molecular flexibility index (Phi) is 13.0. The lowest BCUT2D eigenvalue weighted by Gasteiger charge is -2.31. The average molecular weight is 578 g/mol. The summed E-state index contributed by atoms with van der Waals surface area (Å²) in [4.78, 5) is 24.4. The number of hydrogen-bond acceptors (Lipinski definition) is 8. The molecule has 0 spiro atoms. The Hall–Kier alpha value is -3.52. The van der Waals surface area contributed by atoms with Gasteiger partial charge in [-0.05, 0) is 55.0 Å². The van der Waals surface area contributed by atoms with Crippen LogP contribution in [0.15, 0.2) is 64.6 Å². The maximum Gasteiger partial charge on any atom is 0.405 e. The highest BCUT2D eigenvalue weighted by atomic mass is 32.2. The standard InChI is InChI=1S/C27H39N5O7S/c1-19(2)17-32(40(38,39)22-12-10-21(11-13-22)16-29-37)18-25(33)24(15-20-7-4-3-5-8-20)30-26(34)23(9-6-14-28)31-27(35)36/h3-5,7-8,10-13,16,19,23-25,31,33,37H,6,9,14-15,17-18,28H2,1-2H3,(H,30,34)(H,35,36)/b29-16+/t23-,24-,25+/m0/s1. The van der Waals surface area contributed by atoms with Crippen molar-refractivity contribution in [1.82, 2.24) is 14.9 Å². The third kappa shape index (κ3) is 10.2. The quantitative estimate of drug-likeness (QED) is 0.0983. The molecule has 0 unspecified atom stereocenters. The molecule has 0 bridgehead atoms. The fourth-order valence-corrected chi connectivity index (χ4v) is 5.75. The molecule has 2 aromatic carbocycles. The van der Waals surface area contributed by atoms with E-state index in [9.17, 15) is 28.2 Å². The van der Waals surface area contributed by atoms with Crippen molar-refractivity contribution in [2.75, 3.05) is 19.6 Å². The Morgan fingerprint density at radius 2 is 1.70 bits per heavy atom. The lowest BCUT2D eigenvalue weighted by atomic mass is 10.00. The lowest BCUT2D eigenvalue weighted by Crippen LogP contribution is -2.55. The molecule has 7 N–H and O–H groups in total. The largest absolute Gasteiger partial charge is 0.465 e. The Balaban J connectivity index is 2.36. The second kappa shape index (κ2) is 15.9. The molecule has 2 amide bonds. The predicted octanol–water partition coefficient (Wildman–Crippen LogP) is 1.60. The molecule has 0 aliphatic heterocycles. The number of aliphatic hydroxyl groups is 1. The topological polar surface area (TPSA) is 195 Å². The van der Waals surface area contributed by atoms with Crippen molar-refractivity contribution < 1.29 is 33.4 Å². The van der Waals surface area contributed by atoms with Gasteiger partial charge in [-0.15, -0.1) is 0 Å². The van der Waals surface area contributed by atoms with E-state index in [1.165, 1.54) is 34.8 Å². The van der Waals surface area contributed by atoms with E-state index in [1.807, 2.05) is 32.0 Å². The van der Waals surface area contributed by atoms with Crippen LogP contribution in [-0.2, 0) is 21.2 Å². The third-order valence-electron chi connectivity index (χ3n) is 6.09. The van der Waals surface area contributed by atoms with Gasteiger partial charge in [0.2, 0.25) is 15.9 Å². The van der Waals surface area contributed by atoms with Gasteiger partial charge in [0.05, 0.1) is 23.3 Å². The van der Waals surface area contributed by atoms with Gasteiger partial charge in [-0.25, -0.2) is 13.2 Å². The summed E-state index contributed by atoms with van der Waals surface area (Å²) in [5.74, 6) is -0.722. The first kappa shape index (κ1) is 32.7. The summed E-state index contributed by atoms with van der Waals surface area (Å²) in [6.45, 7) is 3.73. The maximum atomic E-state index is 13.6. The van der Waals surface area contributed by atoms with Crippen LogP contribution in [0.4, 0.5) is 4.79 Å². The molecule has 3 atom stereocenters. The smallest absolute Gasteiger partial charge is 0.405 e. The van der Waals surface area contributed by atoms with E-state index in [4.69, 9.17) is 10.9 Å². The van der Waals surface area contributed by atoms with Gasteiger partial charge < -0.3 is 31.8 Å². The minimum atomic E-state index is -4.05. The molecule has 0 fully saturated rings. The first-order valence-corrected chi connectivity index (χ1v) is 14.4. The highest BCUT2D eigenvalue weighted by Gasteiger charge is 2.32. The molecule has 12 nitrogen and oxygen atoms in total. The lowest BCUT2D eigenvalue weighted by molar-refractivity contribution is -0.124. The molecule has 13 heteroatoms. The van der Waals surface area contributed by atoms with Crippen molar-refractivity contribution in [2.24, 2.45) is 16.8 Å². The number of amides is 2. The van der Waals surface area contributed by atoms with Crippen LogP contribution in [0.3, 0.4) is 0 Å². The van der Waals surface area contributed by atoms with E-state index in [-0.39, 0.29) is 43.3 Å². The van der Waals surface area contributed by atoms with Gasteiger partial charge >= 0.3 is 6.09 Å². The maximum absolute atomic E-state index is 13.6. The van der Waals surface area contributed by atoms with E-state index in [0.29, 0.717) is 12.0 Å². The summed E-state index contributed by atoms with van der Waals surface area (Å²) in [6.07, 6.45) is -0.805. The number of nitrogens with zero attached hydrogens (tertiary/aromatic N) is 2. The number of nitrogens with one attached hydrogen (secondary N) is 2. The van der Waals surface area contributed by atoms with Crippen molar-refractivity contribution in [2.45, 2.75) is 56.2 Å². The van der Waals surface area contributed by atoms with Gasteiger partial charge in [-0.2, -0.15) is 4.31 Å². The fraction of sp³-hybridized carbons (Fsp3) is 0.444. The molecular formula is C27H39N5O7S. The van der Waals surface area contributed by atoms with Gasteiger partial charge in [0.15, 0.2) is 0 Å². The summed E-state index contributed by atoms with van der Waals surface area (Å²) < 4.78 is 28.3. The zero-order valence-electron chi connectivity index (χ0n) is 22.7. The number of nitrogens with two attached hydrogens (primary N) is 1. The van der Waals surface area contributed by atoms with Crippen LogP contribution in [-0.4, -0.2) is 84.2 Å². The predicted molar refractivity (Wildman–Crippen MR) is 151 cm³/mol. The number of hydrogen-bond donors (Lipinski definition) is 6. The first-order chi connectivity index (χ1) is 19.0. The fourth-order valence-electron chi connectivity index (χ4n) is 4.13. The van der Waals surface area contributed by atoms with E-state index in [1.54, 1.807) is 12.1 Å². The summed E-state index contributed by atoms with van der Waals surface area (Å²) in [7, 11) is -4.05. The van der Waals surface area contributed by atoms with Crippen molar-refractivity contribution in [3.8, 4) is 0 Å². The molecule has 220 valence electrons. The minimum Gasteiger partial charge on any atom is -0.465 e. The van der Waals surface area contributed by atoms with E-state index in [2.05, 4.69) is 15.8 Å². The van der Waals surface area contributed by atoms with Crippen molar-refractivity contribution in [3.63, 3.8) is 0 Å². The van der Waals surface area contributed by atoms with Crippen LogP contribution < -0.4 is 16.4 Å². The highest BCUT2D eigenvalue weighted by molar-refractivity contribution is 7.89. The number of carbonyl (C=O) groups is 2. The second-order valence-corrected chi connectivity index (χ2v) is 11.8. The van der Waals surface area contributed by atoms with Crippen LogP contribution in [0.5, 0.6) is 0 Å². The molecular weight excluding hydrogens is 538 g/mol. The average Bonchev–Trinajstić information content (AvgIpc) is 2.90. The summed E-state index contributed by atoms with van der Waals surface area (Å²) in [5, 5.41) is 37.1. The molecule has 2 aromatic rings. The Bertz CT molecular complexity index is 1210. The Morgan fingerprint density at radius 1 is 1.05 bits per heavy atom. The second-order valence-electron chi connectivity index (χ2n) is 9.83. The molecule has 0 heterocycles. The summed E-state index contributed by atoms with van der Waals surface area (Å²) in [6, 6.07) is 12.8. The molecule has 40 heavy (non-hydrogen) atoms. The molecule has 0 aromatic heterocycles. The van der Waals surface area contributed by atoms with Crippen molar-refractivity contribution in [3.05, 3.63) is 65.7 Å². The minimum absolute atomic E-state index is 0.00779. The van der Waals surface area contributed by atoms with E-state index < -0.39 is 40.2 Å². The number of carboxylic acid groups (broad SMARTS) is 1. The highest BCUT2D eigenvalue weighted by Crippen LogP contribution is 2.20. The number of aliphatic hydroxyl groups excluding tert-OH is 1. The Labute approximate surface area is 234 Å². The summed E-state index contributed by atoms with van der Waals surface area (Å²) >= 11 is 0. The van der Waals surface area contributed by atoms with Gasteiger partial charge in [0.1, 0.15) is 6.04 Å². The van der Waals surface area contributed by atoms with Crippen LogP contribution in [0.2, 0.25) is 0 Å². The normalized spacial score (nSPS) is 14.2. The van der Waals surface area contributed by atoms with Crippen LogP contribution in [0, 0.1) is 5.92 Å². The molecule has 0 aliphatic rings. The number of oxime groups is 1. The molecule has 0 saturated heterocycles. The van der Waals surface area contributed by atoms with Gasteiger partial charge in [-0.3, -0.25) is 4.79 Å². The Morgan fingerprint density at radius 3 is 2.25 bits per heavy atom. The number of carbonyl (C=O) groups excluding carboxylic acids is 1. The van der Waals surface area contributed by atoms with E-state index in [0.717, 1.165) is 5.56 Å². The number of rotatable bonds is 16. The van der Waals surface area contributed by atoms with Crippen molar-refractivity contribution >= 4 is 28.2 Å². The summed E-state index contributed by atoms with van der Waals surface area (Å²) in [5.41, 5.74) is 6.83. The van der Waals surface area contributed by atoms with Gasteiger partial charge in [-0.1, -0.05) is 61.5 Å². The first-order valence-electron chi connectivity index (χ1n) is 13.0. The van der Waals surface area contributed by atoms with Crippen LogP contribution in [0.1, 0.15) is 37.8 Å². The van der Waals surface area contributed by atoms with Crippen molar-refractivity contribution in [1.29, 1.82) is 0 Å². The monoisotopic (exact) mass is 577 g/mol. The molecule has 0 saturated carbocycles. The van der Waals surface area contributed by atoms with Crippen LogP contribution in [0.25, 0.3) is 0 Å². The van der Waals surface area contributed by atoms with Gasteiger partial charge in [0, 0.05) is 13.1 Å².